The van der Waals surface area contributed by atoms with Gasteiger partial charge in [0.2, 0.25) is 0 Å². The van der Waals surface area contributed by atoms with Crippen molar-refractivity contribution in [1.82, 2.24) is 5.32 Å². The average Bonchev–Trinajstić information content (AvgIpc) is 2.61. The van der Waals surface area contributed by atoms with E-state index >= 15 is 0 Å². The molecule has 0 heterocycles. The van der Waals surface area contributed by atoms with Crippen LogP contribution in [0.1, 0.15) is 24.0 Å². The molecule has 24 heavy (non-hydrogen) atoms. The smallest absolute Gasteiger partial charge is 0.407 e. The van der Waals surface area contributed by atoms with Gasteiger partial charge in [0.15, 0.2) is 0 Å². The van der Waals surface area contributed by atoms with Gasteiger partial charge in [0.1, 0.15) is 0 Å². The van der Waals surface area contributed by atoms with Gasteiger partial charge in [0.25, 0.3) is 0 Å². The molecule has 1 amide bonds. The van der Waals surface area contributed by atoms with Crippen LogP contribution in [-0.4, -0.2) is 30.5 Å². The van der Waals surface area contributed by atoms with Crippen molar-refractivity contribution < 1.29 is 14.6 Å². The van der Waals surface area contributed by atoms with Crippen molar-refractivity contribution >= 4 is 6.09 Å². The Hall–Kier alpha value is -2.33. The lowest BCUT2D eigenvalue weighted by Gasteiger charge is -2.21. The Morgan fingerprint density at radius 3 is 2.21 bits per heavy atom. The third kappa shape index (κ3) is 6.42. The highest BCUT2D eigenvalue weighted by atomic mass is 16.5. The summed E-state index contributed by atoms with van der Waals surface area (Å²) in [4.78, 5) is 11.6. The number of hydrogen-bond donors (Lipinski definition) is 2. The Kier molecular flexibility index (Phi) is 7.30. The van der Waals surface area contributed by atoms with Crippen LogP contribution in [0.3, 0.4) is 0 Å². The number of amides is 1. The first-order chi connectivity index (χ1) is 11.7. The van der Waals surface area contributed by atoms with Crippen molar-refractivity contribution in [1.29, 1.82) is 0 Å². The Balaban J connectivity index is 1.89. The molecule has 0 fully saturated rings. The summed E-state index contributed by atoms with van der Waals surface area (Å²) in [5, 5.41) is 13.2. The standard InChI is InChI=1S/C20H25NO3/c1-24-20(23)21-18(14-17-10-6-3-7-11-17)15-19(22)13-12-16-8-4-2-5-9-16/h2-11,18-19,22H,12-15H2,1H3,(H,21,23). The minimum Gasteiger partial charge on any atom is -0.453 e. The van der Waals surface area contributed by atoms with E-state index in [4.69, 9.17) is 4.74 Å². The second-order valence-electron chi connectivity index (χ2n) is 5.94. The zero-order valence-electron chi connectivity index (χ0n) is 14.0. The normalized spacial score (nSPS) is 13.1. The molecule has 0 aliphatic rings. The van der Waals surface area contributed by atoms with E-state index in [0.29, 0.717) is 19.3 Å². The third-order valence-corrected chi connectivity index (χ3v) is 4.00. The van der Waals surface area contributed by atoms with E-state index in [1.54, 1.807) is 0 Å². The van der Waals surface area contributed by atoms with E-state index in [0.717, 1.165) is 12.0 Å². The minimum absolute atomic E-state index is 0.161. The van der Waals surface area contributed by atoms with E-state index < -0.39 is 12.2 Å². The first-order valence-corrected chi connectivity index (χ1v) is 8.27. The highest BCUT2D eigenvalue weighted by Crippen LogP contribution is 2.13. The molecule has 2 rings (SSSR count). The maximum atomic E-state index is 11.6. The zero-order valence-corrected chi connectivity index (χ0v) is 14.0. The lowest BCUT2D eigenvalue weighted by Crippen LogP contribution is -2.39. The summed E-state index contributed by atoms with van der Waals surface area (Å²) in [6.45, 7) is 0. The number of nitrogens with one attached hydrogen (secondary N) is 1. The molecule has 4 nitrogen and oxygen atoms in total. The number of alkyl carbamates (subject to hydrolysis) is 1. The molecule has 2 aromatic rings. The number of methoxy groups -OCH3 is 1. The number of aryl methyl sites for hydroxylation is 1. The monoisotopic (exact) mass is 327 g/mol. The van der Waals surface area contributed by atoms with Gasteiger partial charge in [-0.05, 0) is 36.8 Å². The molecule has 4 heteroatoms. The third-order valence-electron chi connectivity index (χ3n) is 4.00. The number of ether oxygens (including phenoxy) is 1. The van der Waals surface area contributed by atoms with Gasteiger partial charge in [0.05, 0.1) is 13.2 Å². The summed E-state index contributed by atoms with van der Waals surface area (Å²) in [5.41, 5.74) is 2.33. The van der Waals surface area contributed by atoms with Crippen LogP contribution < -0.4 is 5.32 Å². The molecule has 2 atom stereocenters. The summed E-state index contributed by atoms with van der Waals surface area (Å²) < 4.78 is 4.70. The summed E-state index contributed by atoms with van der Waals surface area (Å²) in [5.74, 6) is 0. The molecular weight excluding hydrogens is 302 g/mol. The van der Waals surface area contributed by atoms with Gasteiger partial charge in [0, 0.05) is 6.04 Å². The van der Waals surface area contributed by atoms with Crippen LogP contribution in [0.4, 0.5) is 4.79 Å². The first kappa shape index (κ1) is 18.0. The maximum Gasteiger partial charge on any atom is 0.407 e. The number of aliphatic hydroxyl groups excluding tert-OH is 1. The van der Waals surface area contributed by atoms with Gasteiger partial charge in [-0.15, -0.1) is 0 Å². The van der Waals surface area contributed by atoms with E-state index in [1.807, 2.05) is 48.5 Å². The molecule has 2 unspecified atom stereocenters. The molecule has 0 spiro atoms. The quantitative estimate of drug-likeness (QED) is 0.782. The van der Waals surface area contributed by atoms with E-state index in [1.165, 1.54) is 12.7 Å². The molecule has 128 valence electrons. The van der Waals surface area contributed by atoms with Crippen molar-refractivity contribution in [3.8, 4) is 0 Å². The fourth-order valence-corrected chi connectivity index (χ4v) is 2.74. The van der Waals surface area contributed by atoms with Crippen molar-refractivity contribution in [2.75, 3.05) is 7.11 Å². The van der Waals surface area contributed by atoms with Gasteiger partial charge in [-0.1, -0.05) is 60.7 Å². The molecule has 0 bridgehead atoms. The highest BCUT2D eigenvalue weighted by molar-refractivity contribution is 5.67. The lowest BCUT2D eigenvalue weighted by molar-refractivity contribution is 0.131. The molecule has 2 N–H and O–H groups in total. The van der Waals surface area contributed by atoms with E-state index in [2.05, 4.69) is 17.4 Å². The van der Waals surface area contributed by atoms with Gasteiger partial charge >= 0.3 is 6.09 Å². The van der Waals surface area contributed by atoms with Gasteiger partial charge in [-0.2, -0.15) is 0 Å². The summed E-state index contributed by atoms with van der Waals surface area (Å²) in [6, 6.07) is 19.9. The van der Waals surface area contributed by atoms with E-state index in [-0.39, 0.29) is 6.04 Å². The Morgan fingerprint density at radius 1 is 1.04 bits per heavy atom. The fraction of sp³-hybridized carbons (Fsp3) is 0.350. The number of rotatable bonds is 8. The second-order valence-corrected chi connectivity index (χ2v) is 5.94. The van der Waals surface area contributed by atoms with E-state index in [9.17, 15) is 9.90 Å². The summed E-state index contributed by atoms with van der Waals surface area (Å²) in [6.07, 6.45) is 1.70. The molecule has 0 aliphatic carbocycles. The molecule has 0 saturated heterocycles. The van der Waals surface area contributed by atoms with Crippen LogP contribution in [0.25, 0.3) is 0 Å². The topological polar surface area (TPSA) is 58.6 Å². The second kappa shape index (κ2) is 9.73. The van der Waals surface area contributed by atoms with Crippen LogP contribution in [0.5, 0.6) is 0 Å². The highest BCUT2D eigenvalue weighted by Gasteiger charge is 2.18. The number of carbonyl (C=O) groups is 1. The van der Waals surface area contributed by atoms with Crippen LogP contribution in [-0.2, 0) is 17.6 Å². The number of benzene rings is 2. The van der Waals surface area contributed by atoms with Crippen molar-refractivity contribution in [2.24, 2.45) is 0 Å². The van der Waals surface area contributed by atoms with Crippen molar-refractivity contribution in [2.45, 2.75) is 37.8 Å². The Labute approximate surface area is 143 Å². The average molecular weight is 327 g/mol. The number of carbonyl (C=O) groups excluding carboxylic acids is 1. The summed E-state index contributed by atoms with van der Waals surface area (Å²) in [7, 11) is 1.35. The zero-order chi connectivity index (χ0) is 17.2. The molecular formula is C20H25NO3. The van der Waals surface area contributed by atoms with Gasteiger partial charge in [-0.3, -0.25) is 0 Å². The predicted octanol–water partition coefficient (Wildman–Crippen LogP) is 3.34. The Bertz CT molecular complexity index is 601. The molecule has 0 radical (unpaired) electrons. The number of aliphatic hydroxyl groups is 1. The van der Waals surface area contributed by atoms with Crippen molar-refractivity contribution in [3.63, 3.8) is 0 Å². The molecule has 0 aliphatic heterocycles. The van der Waals surface area contributed by atoms with Crippen LogP contribution in [0.2, 0.25) is 0 Å². The fourth-order valence-electron chi connectivity index (χ4n) is 2.74. The van der Waals surface area contributed by atoms with Crippen LogP contribution >= 0.6 is 0 Å². The number of hydrogen-bond acceptors (Lipinski definition) is 3. The predicted molar refractivity (Wildman–Crippen MR) is 94.9 cm³/mol. The maximum absolute atomic E-state index is 11.6. The Morgan fingerprint density at radius 2 is 1.62 bits per heavy atom. The lowest BCUT2D eigenvalue weighted by atomic mass is 9.97. The molecule has 0 saturated carbocycles. The van der Waals surface area contributed by atoms with Crippen LogP contribution in [0.15, 0.2) is 60.7 Å². The SMILES string of the molecule is COC(=O)NC(Cc1ccccc1)CC(O)CCc1ccccc1. The van der Waals surface area contributed by atoms with Gasteiger partial charge in [-0.25, -0.2) is 4.79 Å². The van der Waals surface area contributed by atoms with Gasteiger partial charge < -0.3 is 15.2 Å². The largest absolute Gasteiger partial charge is 0.453 e. The molecule has 2 aromatic carbocycles. The minimum atomic E-state index is -0.476. The summed E-state index contributed by atoms with van der Waals surface area (Å²) >= 11 is 0. The molecule has 0 aromatic heterocycles. The van der Waals surface area contributed by atoms with Crippen molar-refractivity contribution in [3.05, 3.63) is 71.8 Å². The first-order valence-electron chi connectivity index (χ1n) is 8.27. The van der Waals surface area contributed by atoms with Crippen LogP contribution in [0, 0.1) is 0 Å².